The van der Waals surface area contributed by atoms with Crippen molar-refractivity contribution in [1.82, 2.24) is 4.98 Å². The van der Waals surface area contributed by atoms with Crippen LogP contribution in [0.15, 0.2) is 30.3 Å². The van der Waals surface area contributed by atoms with Crippen LogP contribution in [-0.4, -0.2) is 19.1 Å². The first-order chi connectivity index (χ1) is 9.62. The van der Waals surface area contributed by atoms with Crippen LogP contribution < -0.4 is 10.6 Å². The lowest BCUT2D eigenvalue weighted by molar-refractivity contribution is 1.39. The summed E-state index contributed by atoms with van der Waals surface area (Å²) in [6.07, 6.45) is 0. The van der Waals surface area contributed by atoms with Gasteiger partial charge >= 0.3 is 0 Å². The van der Waals surface area contributed by atoms with Gasteiger partial charge in [-0.15, -0.1) is 12.4 Å². The zero-order valence-corrected chi connectivity index (χ0v) is 13.6. The summed E-state index contributed by atoms with van der Waals surface area (Å²) in [6.45, 7) is 4.23. The van der Waals surface area contributed by atoms with Crippen molar-refractivity contribution in [3.05, 3.63) is 41.5 Å². The monoisotopic (exact) mass is 301 g/mol. The SMILES string of the molecule is CNc1cc2nc3cc(NC)c(C)cc3cc2cc1C.Cl. The molecule has 0 saturated carbocycles. The Hall–Kier alpha value is -2.00. The van der Waals surface area contributed by atoms with E-state index in [1.807, 2.05) is 14.1 Å². The topological polar surface area (TPSA) is 37.0 Å². The van der Waals surface area contributed by atoms with Crippen LogP contribution in [0, 0.1) is 13.8 Å². The third kappa shape index (κ3) is 2.61. The number of fused-ring (bicyclic) bond motifs is 2. The average Bonchev–Trinajstić information content (AvgIpc) is 2.44. The lowest BCUT2D eigenvalue weighted by atomic mass is 10.0. The van der Waals surface area contributed by atoms with Crippen molar-refractivity contribution in [1.29, 1.82) is 0 Å². The maximum Gasteiger partial charge on any atom is 0.0730 e. The van der Waals surface area contributed by atoms with Crippen LogP contribution >= 0.6 is 12.4 Å². The van der Waals surface area contributed by atoms with Gasteiger partial charge in [-0.2, -0.15) is 0 Å². The minimum Gasteiger partial charge on any atom is -0.388 e. The molecule has 3 nitrogen and oxygen atoms in total. The molecule has 0 atom stereocenters. The molecule has 3 rings (SSSR count). The highest BCUT2D eigenvalue weighted by molar-refractivity contribution is 5.96. The maximum absolute atomic E-state index is 4.80. The summed E-state index contributed by atoms with van der Waals surface area (Å²) in [5, 5.41) is 8.80. The first-order valence-corrected chi connectivity index (χ1v) is 6.83. The van der Waals surface area contributed by atoms with Gasteiger partial charge in [0.05, 0.1) is 11.0 Å². The van der Waals surface area contributed by atoms with Gasteiger partial charge in [0.1, 0.15) is 0 Å². The van der Waals surface area contributed by atoms with Crippen molar-refractivity contribution in [2.45, 2.75) is 13.8 Å². The summed E-state index contributed by atoms with van der Waals surface area (Å²) in [7, 11) is 3.88. The molecule has 0 saturated heterocycles. The molecule has 0 bridgehead atoms. The molecule has 1 aromatic heterocycles. The van der Waals surface area contributed by atoms with Crippen molar-refractivity contribution in [2.75, 3.05) is 24.7 Å². The maximum atomic E-state index is 4.80. The van der Waals surface area contributed by atoms with E-state index in [1.165, 1.54) is 21.9 Å². The Morgan fingerprint density at radius 3 is 1.52 bits per heavy atom. The van der Waals surface area contributed by atoms with Gasteiger partial charge in [0.25, 0.3) is 0 Å². The Bertz CT molecular complexity index is 747. The fraction of sp³-hybridized carbons (Fsp3) is 0.235. The number of halogens is 1. The number of hydrogen-bond donors (Lipinski definition) is 2. The first kappa shape index (κ1) is 15.4. The van der Waals surface area contributed by atoms with Gasteiger partial charge in [-0.1, -0.05) is 0 Å². The van der Waals surface area contributed by atoms with Crippen LogP contribution in [0.3, 0.4) is 0 Å². The minimum absolute atomic E-state index is 0. The van der Waals surface area contributed by atoms with Crippen molar-refractivity contribution in [2.24, 2.45) is 0 Å². The molecule has 0 aliphatic carbocycles. The summed E-state index contributed by atoms with van der Waals surface area (Å²) in [5.41, 5.74) is 6.79. The third-order valence-electron chi connectivity index (χ3n) is 3.84. The Labute approximate surface area is 131 Å². The smallest absolute Gasteiger partial charge is 0.0730 e. The second kappa shape index (κ2) is 5.78. The molecule has 0 aliphatic heterocycles. The molecule has 4 heteroatoms. The number of hydrogen-bond acceptors (Lipinski definition) is 3. The normalized spacial score (nSPS) is 10.5. The number of nitrogens with zero attached hydrogens (tertiary/aromatic N) is 1. The molecule has 110 valence electrons. The highest BCUT2D eigenvalue weighted by atomic mass is 35.5. The number of rotatable bonds is 2. The molecular weight excluding hydrogens is 282 g/mol. The van der Waals surface area contributed by atoms with Gasteiger partial charge in [-0.3, -0.25) is 0 Å². The second-order valence-electron chi connectivity index (χ2n) is 5.21. The van der Waals surface area contributed by atoms with Crippen LogP contribution in [0.2, 0.25) is 0 Å². The van der Waals surface area contributed by atoms with E-state index < -0.39 is 0 Å². The van der Waals surface area contributed by atoms with Gasteiger partial charge in [-0.25, -0.2) is 4.98 Å². The van der Waals surface area contributed by atoms with E-state index in [9.17, 15) is 0 Å². The molecule has 2 aromatic carbocycles. The zero-order chi connectivity index (χ0) is 14.3. The first-order valence-electron chi connectivity index (χ1n) is 6.83. The van der Waals surface area contributed by atoms with E-state index in [2.05, 4.69) is 54.8 Å². The van der Waals surface area contributed by atoms with Crippen molar-refractivity contribution in [3.8, 4) is 0 Å². The van der Waals surface area contributed by atoms with Crippen LogP contribution in [0.1, 0.15) is 11.1 Å². The van der Waals surface area contributed by atoms with E-state index in [1.54, 1.807) is 0 Å². The average molecular weight is 302 g/mol. The van der Waals surface area contributed by atoms with Gasteiger partial charge in [0, 0.05) is 36.2 Å². The quantitative estimate of drug-likeness (QED) is 0.684. The molecule has 2 N–H and O–H groups in total. The molecule has 0 fully saturated rings. The fourth-order valence-corrected chi connectivity index (χ4v) is 2.70. The van der Waals surface area contributed by atoms with Gasteiger partial charge < -0.3 is 10.6 Å². The fourth-order valence-electron chi connectivity index (χ4n) is 2.70. The molecule has 0 radical (unpaired) electrons. The Morgan fingerprint density at radius 2 is 1.14 bits per heavy atom. The number of nitrogens with one attached hydrogen (secondary N) is 2. The van der Waals surface area contributed by atoms with E-state index in [0.29, 0.717) is 0 Å². The lowest BCUT2D eigenvalue weighted by Gasteiger charge is -2.10. The van der Waals surface area contributed by atoms with E-state index in [0.717, 1.165) is 22.4 Å². The van der Waals surface area contributed by atoms with Crippen molar-refractivity contribution >= 4 is 45.6 Å². The van der Waals surface area contributed by atoms with Gasteiger partial charge in [0.2, 0.25) is 0 Å². The Morgan fingerprint density at radius 1 is 0.714 bits per heavy atom. The summed E-state index contributed by atoms with van der Waals surface area (Å²) in [6, 6.07) is 10.8. The predicted octanol–water partition coefficient (Wildman–Crippen LogP) is 4.51. The van der Waals surface area contributed by atoms with Crippen LogP contribution in [0.5, 0.6) is 0 Å². The minimum atomic E-state index is 0. The number of pyridine rings is 1. The largest absolute Gasteiger partial charge is 0.388 e. The van der Waals surface area contributed by atoms with Crippen LogP contribution in [0.4, 0.5) is 11.4 Å². The summed E-state index contributed by atoms with van der Waals surface area (Å²) < 4.78 is 0. The standard InChI is InChI=1S/C17H19N3.ClH/c1-10-5-12-7-13-6-11(2)15(19-4)9-17(13)20-16(12)8-14(10)18-3;/h5-9,18-19H,1-4H3;1H. The van der Waals surface area contributed by atoms with E-state index in [-0.39, 0.29) is 12.4 Å². The number of benzene rings is 2. The Balaban J connectivity index is 0.00000161. The van der Waals surface area contributed by atoms with Crippen LogP contribution in [0.25, 0.3) is 21.8 Å². The predicted molar refractivity (Wildman–Crippen MR) is 95.1 cm³/mol. The second-order valence-corrected chi connectivity index (χ2v) is 5.21. The molecule has 21 heavy (non-hydrogen) atoms. The molecule has 1 heterocycles. The van der Waals surface area contributed by atoms with Crippen molar-refractivity contribution in [3.63, 3.8) is 0 Å². The Kier molecular flexibility index (Phi) is 4.24. The zero-order valence-electron chi connectivity index (χ0n) is 12.7. The number of aromatic nitrogens is 1. The highest BCUT2D eigenvalue weighted by Gasteiger charge is 2.06. The number of anilines is 2. The number of aryl methyl sites for hydroxylation is 2. The molecule has 0 aliphatic rings. The summed E-state index contributed by atoms with van der Waals surface area (Å²) in [4.78, 5) is 4.80. The lowest BCUT2D eigenvalue weighted by Crippen LogP contribution is -1.95. The van der Waals surface area contributed by atoms with Crippen LogP contribution in [-0.2, 0) is 0 Å². The van der Waals surface area contributed by atoms with Gasteiger partial charge in [-0.05, 0) is 55.3 Å². The molecule has 3 aromatic rings. The highest BCUT2D eigenvalue weighted by Crippen LogP contribution is 2.28. The summed E-state index contributed by atoms with van der Waals surface area (Å²) >= 11 is 0. The molecule has 0 unspecified atom stereocenters. The van der Waals surface area contributed by atoms with Crippen molar-refractivity contribution < 1.29 is 0 Å². The molecule has 0 spiro atoms. The summed E-state index contributed by atoms with van der Waals surface area (Å²) in [5.74, 6) is 0. The van der Waals surface area contributed by atoms with E-state index in [4.69, 9.17) is 4.98 Å². The van der Waals surface area contributed by atoms with Gasteiger partial charge in [0.15, 0.2) is 0 Å². The van der Waals surface area contributed by atoms with E-state index >= 15 is 0 Å². The molecule has 0 amide bonds. The third-order valence-corrected chi connectivity index (χ3v) is 3.84. The molecular formula is C17H20ClN3.